The summed E-state index contributed by atoms with van der Waals surface area (Å²) in [6, 6.07) is 11.5. The van der Waals surface area contributed by atoms with Crippen molar-refractivity contribution >= 4 is 5.82 Å². The normalized spacial score (nSPS) is 16.0. The third kappa shape index (κ3) is 4.12. The maximum atomic E-state index is 12.3. The maximum Gasteiger partial charge on any atom is 0.266 e. The molecule has 8 heteroatoms. The number of rotatable bonds is 5. The fourth-order valence-corrected chi connectivity index (χ4v) is 4.49. The quantitative estimate of drug-likeness (QED) is 0.614. The van der Waals surface area contributed by atoms with Crippen molar-refractivity contribution in [2.24, 2.45) is 0 Å². The zero-order valence-electron chi connectivity index (χ0n) is 17.9. The van der Waals surface area contributed by atoms with Gasteiger partial charge in [0.15, 0.2) is 0 Å². The highest BCUT2D eigenvalue weighted by molar-refractivity contribution is 5.58. The number of pyridine rings is 2. The summed E-state index contributed by atoms with van der Waals surface area (Å²) in [7, 11) is 0. The molecule has 2 aliphatic rings. The summed E-state index contributed by atoms with van der Waals surface area (Å²) in [5, 5.41) is 14.1. The molecule has 0 atom stereocenters. The first-order valence-corrected chi connectivity index (χ1v) is 11.1. The van der Waals surface area contributed by atoms with E-state index in [0.717, 1.165) is 74.8 Å². The summed E-state index contributed by atoms with van der Waals surface area (Å²) in [4.78, 5) is 25.7. The van der Waals surface area contributed by atoms with Gasteiger partial charge < -0.3 is 4.90 Å². The molecule has 162 valence electrons. The first-order chi connectivity index (χ1) is 15.7. The smallest absolute Gasteiger partial charge is 0.266 e. The van der Waals surface area contributed by atoms with Crippen molar-refractivity contribution in [3.8, 4) is 17.3 Å². The van der Waals surface area contributed by atoms with E-state index in [9.17, 15) is 10.1 Å². The van der Waals surface area contributed by atoms with E-state index < -0.39 is 0 Å². The molecule has 1 saturated heterocycles. The average molecular weight is 428 g/mol. The lowest BCUT2D eigenvalue weighted by molar-refractivity contribution is 0.242. The van der Waals surface area contributed by atoms with Gasteiger partial charge in [0, 0.05) is 62.4 Å². The van der Waals surface area contributed by atoms with Crippen LogP contribution in [0.15, 0.2) is 47.5 Å². The minimum Gasteiger partial charge on any atom is -0.353 e. The maximum absolute atomic E-state index is 12.3. The number of hydrogen-bond acceptors (Lipinski definition) is 7. The minimum absolute atomic E-state index is 0.0950. The van der Waals surface area contributed by atoms with Gasteiger partial charge in [-0.05, 0) is 49.1 Å². The molecule has 0 saturated carbocycles. The number of piperazine rings is 1. The van der Waals surface area contributed by atoms with Crippen LogP contribution in [0.25, 0.3) is 11.3 Å². The van der Waals surface area contributed by atoms with E-state index in [1.54, 1.807) is 24.5 Å². The van der Waals surface area contributed by atoms with Gasteiger partial charge in [0.2, 0.25) is 0 Å². The lowest BCUT2D eigenvalue weighted by Gasteiger charge is -2.35. The summed E-state index contributed by atoms with van der Waals surface area (Å²) in [6.45, 7) is 4.66. The number of hydrogen-bond donors (Lipinski definition) is 0. The van der Waals surface area contributed by atoms with E-state index in [2.05, 4.69) is 26.0 Å². The molecular weight excluding hydrogens is 402 g/mol. The Labute approximate surface area is 186 Å². The Morgan fingerprint density at radius 2 is 1.81 bits per heavy atom. The third-order valence-corrected chi connectivity index (χ3v) is 6.29. The van der Waals surface area contributed by atoms with E-state index in [0.29, 0.717) is 12.1 Å². The minimum atomic E-state index is -0.0950. The van der Waals surface area contributed by atoms with Crippen LogP contribution in [0.5, 0.6) is 0 Å². The van der Waals surface area contributed by atoms with Crippen LogP contribution < -0.4 is 10.5 Å². The van der Waals surface area contributed by atoms with Crippen molar-refractivity contribution in [1.29, 1.82) is 5.26 Å². The van der Waals surface area contributed by atoms with E-state index in [-0.39, 0.29) is 5.56 Å². The molecule has 32 heavy (non-hydrogen) atoms. The van der Waals surface area contributed by atoms with E-state index in [4.69, 9.17) is 4.98 Å². The number of nitrogens with zero attached hydrogens (tertiary/aromatic N) is 7. The Balaban J connectivity index is 1.22. The molecule has 0 N–H and O–H groups in total. The Kier molecular flexibility index (Phi) is 5.65. The monoisotopic (exact) mass is 427 g/mol. The molecular formula is C24H25N7O. The molecule has 0 aromatic carbocycles. The Hall–Kier alpha value is -3.57. The van der Waals surface area contributed by atoms with Crippen LogP contribution in [0.4, 0.5) is 5.82 Å². The third-order valence-electron chi connectivity index (χ3n) is 6.29. The average Bonchev–Trinajstić information content (AvgIpc) is 3.31. The lowest BCUT2D eigenvalue weighted by atomic mass is 10.1. The molecule has 8 nitrogen and oxygen atoms in total. The summed E-state index contributed by atoms with van der Waals surface area (Å²) < 4.78 is 1.54. The summed E-state index contributed by atoms with van der Waals surface area (Å²) in [5.74, 6) is 0.829. The molecule has 1 aliphatic heterocycles. The molecule has 1 aliphatic carbocycles. The van der Waals surface area contributed by atoms with Gasteiger partial charge >= 0.3 is 0 Å². The van der Waals surface area contributed by atoms with E-state index in [1.165, 1.54) is 10.2 Å². The molecule has 4 heterocycles. The number of fused-ring (bicyclic) bond motifs is 1. The Morgan fingerprint density at radius 1 is 1.00 bits per heavy atom. The predicted octanol–water partition coefficient (Wildman–Crippen LogP) is 1.88. The highest BCUT2D eigenvalue weighted by Crippen LogP contribution is 2.27. The van der Waals surface area contributed by atoms with Crippen molar-refractivity contribution < 1.29 is 0 Å². The van der Waals surface area contributed by atoms with Crippen LogP contribution in [0.2, 0.25) is 0 Å². The van der Waals surface area contributed by atoms with Gasteiger partial charge in [0.1, 0.15) is 11.9 Å². The van der Waals surface area contributed by atoms with Crippen molar-refractivity contribution in [1.82, 2.24) is 24.6 Å². The van der Waals surface area contributed by atoms with Gasteiger partial charge in [-0.1, -0.05) is 0 Å². The van der Waals surface area contributed by atoms with E-state index >= 15 is 0 Å². The summed E-state index contributed by atoms with van der Waals surface area (Å²) in [6.07, 6.45) is 6.61. The zero-order valence-corrected chi connectivity index (χ0v) is 17.9. The summed E-state index contributed by atoms with van der Waals surface area (Å²) >= 11 is 0. The standard InChI is InChI=1S/C24H25N7O/c25-17-20-16-19-2-1-3-21(19)27-24(20)30-13-10-29(11-14-30)12-15-31-23(32)5-4-22(28-31)18-6-8-26-9-7-18/h4-9,16H,1-3,10-15H2. The van der Waals surface area contributed by atoms with Crippen LogP contribution in [0, 0.1) is 11.3 Å². The van der Waals surface area contributed by atoms with Gasteiger partial charge in [0.05, 0.1) is 17.8 Å². The van der Waals surface area contributed by atoms with Crippen molar-refractivity contribution in [3.05, 3.63) is 69.9 Å². The second-order valence-electron chi connectivity index (χ2n) is 8.28. The van der Waals surface area contributed by atoms with Crippen LogP contribution in [0.1, 0.15) is 23.2 Å². The molecule has 5 rings (SSSR count). The van der Waals surface area contributed by atoms with Gasteiger partial charge in [-0.2, -0.15) is 10.4 Å². The molecule has 0 radical (unpaired) electrons. The molecule has 0 amide bonds. The number of anilines is 1. The molecule has 3 aromatic heterocycles. The summed E-state index contributed by atoms with van der Waals surface area (Å²) in [5.41, 5.74) is 4.68. The first kappa shape index (κ1) is 20.3. The van der Waals surface area contributed by atoms with Gasteiger partial charge in [-0.3, -0.25) is 14.7 Å². The molecule has 3 aromatic rings. The zero-order chi connectivity index (χ0) is 21.9. The Bertz CT molecular complexity index is 1210. The van der Waals surface area contributed by atoms with Crippen LogP contribution in [-0.4, -0.2) is 57.4 Å². The van der Waals surface area contributed by atoms with Crippen molar-refractivity contribution in [2.45, 2.75) is 25.8 Å². The fraction of sp³-hybridized carbons (Fsp3) is 0.375. The molecule has 1 fully saturated rings. The van der Waals surface area contributed by atoms with Crippen molar-refractivity contribution in [2.75, 3.05) is 37.6 Å². The molecule has 0 unspecified atom stereocenters. The number of aromatic nitrogens is 4. The lowest BCUT2D eigenvalue weighted by Crippen LogP contribution is -2.48. The number of nitriles is 1. The van der Waals surface area contributed by atoms with Crippen LogP contribution in [-0.2, 0) is 19.4 Å². The highest BCUT2D eigenvalue weighted by Gasteiger charge is 2.23. The first-order valence-electron chi connectivity index (χ1n) is 11.1. The fourth-order valence-electron chi connectivity index (χ4n) is 4.49. The SMILES string of the molecule is N#Cc1cc2c(nc1N1CCN(CCn3nc(-c4ccncc4)ccc3=O)CC1)CCC2. The topological polar surface area (TPSA) is 90.9 Å². The molecule has 0 bridgehead atoms. The van der Waals surface area contributed by atoms with Gasteiger partial charge in [-0.15, -0.1) is 0 Å². The van der Waals surface area contributed by atoms with Gasteiger partial charge in [0.25, 0.3) is 5.56 Å². The van der Waals surface area contributed by atoms with Crippen molar-refractivity contribution in [3.63, 3.8) is 0 Å². The van der Waals surface area contributed by atoms with Crippen LogP contribution >= 0.6 is 0 Å². The Morgan fingerprint density at radius 3 is 2.59 bits per heavy atom. The predicted molar refractivity (Wildman–Crippen MR) is 121 cm³/mol. The van der Waals surface area contributed by atoms with Crippen LogP contribution in [0.3, 0.4) is 0 Å². The molecule has 0 spiro atoms. The second kappa shape index (κ2) is 8.89. The second-order valence-corrected chi connectivity index (χ2v) is 8.28. The van der Waals surface area contributed by atoms with E-state index in [1.807, 2.05) is 18.2 Å². The van der Waals surface area contributed by atoms with Gasteiger partial charge in [-0.25, -0.2) is 9.67 Å². The number of aryl methyl sites for hydroxylation is 2. The largest absolute Gasteiger partial charge is 0.353 e. The highest BCUT2D eigenvalue weighted by atomic mass is 16.1.